The number of rotatable bonds is 1. The Morgan fingerprint density at radius 3 is 2.50 bits per heavy atom. The average molecular weight is 189 g/mol. The van der Waals surface area contributed by atoms with Gasteiger partial charge < -0.3 is 5.11 Å². The monoisotopic (exact) mass is 188 g/mol. The third-order valence-corrected chi connectivity index (χ3v) is 1.95. The van der Waals surface area contributed by atoms with Crippen molar-refractivity contribution in [3.63, 3.8) is 0 Å². The normalized spacial score (nSPS) is 13.1. The molecule has 66 valence electrons. The van der Waals surface area contributed by atoms with Crippen molar-refractivity contribution in [3.05, 3.63) is 34.1 Å². The molecule has 1 aromatic carbocycles. The molecule has 0 spiro atoms. The molecule has 1 atom stereocenters. The number of halogens is 2. The minimum Gasteiger partial charge on any atom is -0.389 e. The lowest BCUT2D eigenvalue weighted by Crippen LogP contribution is -1.97. The fourth-order valence-corrected chi connectivity index (χ4v) is 1.53. The van der Waals surface area contributed by atoms with Gasteiger partial charge in [0.25, 0.3) is 0 Å². The molecule has 0 bridgehead atoms. The van der Waals surface area contributed by atoms with Gasteiger partial charge in [0.05, 0.1) is 6.10 Å². The van der Waals surface area contributed by atoms with Crippen molar-refractivity contribution in [1.29, 1.82) is 0 Å². The van der Waals surface area contributed by atoms with Gasteiger partial charge in [0.15, 0.2) is 0 Å². The van der Waals surface area contributed by atoms with E-state index in [2.05, 4.69) is 0 Å². The second-order valence-corrected chi connectivity index (χ2v) is 3.23. The van der Waals surface area contributed by atoms with Crippen molar-refractivity contribution in [2.24, 2.45) is 0 Å². The molecule has 1 unspecified atom stereocenters. The van der Waals surface area contributed by atoms with E-state index in [4.69, 9.17) is 16.7 Å². The van der Waals surface area contributed by atoms with Crippen LogP contribution in [0.5, 0.6) is 0 Å². The Labute approximate surface area is 75.8 Å². The highest BCUT2D eigenvalue weighted by Crippen LogP contribution is 2.26. The lowest BCUT2D eigenvalue weighted by molar-refractivity contribution is 0.194. The van der Waals surface area contributed by atoms with Crippen molar-refractivity contribution >= 4 is 11.6 Å². The third kappa shape index (κ3) is 1.76. The zero-order valence-electron chi connectivity index (χ0n) is 6.94. The molecule has 1 rings (SSSR count). The third-order valence-electron chi connectivity index (χ3n) is 1.64. The maximum atomic E-state index is 13.1. The van der Waals surface area contributed by atoms with Crippen molar-refractivity contribution < 1.29 is 9.50 Å². The van der Waals surface area contributed by atoms with Gasteiger partial charge in [-0.2, -0.15) is 0 Å². The van der Waals surface area contributed by atoms with E-state index in [9.17, 15) is 4.39 Å². The molecule has 0 fully saturated rings. The van der Waals surface area contributed by atoms with Crippen LogP contribution in [0.15, 0.2) is 12.1 Å². The molecule has 0 aromatic heterocycles. The average Bonchev–Trinajstić information content (AvgIpc) is 1.82. The SMILES string of the molecule is Cc1cc(F)c(C(C)O)c(Cl)c1. The summed E-state index contributed by atoms with van der Waals surface area (Å²) in [6.07, 6.45) is -0.863. The smallest absolute Gasteiger partial charge is 0.130 e. The van der Waals surface area contributed by atoms with Crippen LogP contribution in [0.2, 0.25) is 5.02 Å². The van der Waals surface area contributed by atoms with E-state index in [1.807, 2.05) is 0 Å². The van der Waals surface area contributed by atoms with E-state index in [1.54, 1.807) is 13.0 Å². The molecule has 12 heavy (non-hydrogen) atoms. The Balaban J connectivity index is 3.28. The Bertz CT molecular complexity index is 274. The second kappa shape index (κ2) is 3.42. The van der Waals surface area contributed by atoms with E-state index in [0.717, 1.165) is 5.56 Å². The lowest BCUT2D eigenvalue weighted by Gasteiger charge is -2.09. The van der Waals surface area contributed by atoms with Gasteiger partial charge in [-0.3, -0.25) is 0 Å². The summed E-state index contributed by atoms with van der Waals surface area (Å²) >= 11 is 5.73. The molecule has 0 aliphatic carbocycles. The lowest BCUT2D eigenvalue weighted by atomic mass is 10.1. The zero-order chi connectivity index (χ0) is 9.30. The van der Waals surface area contributed by atoms with Crippen LogP contribution in [0, 0.1) is 12.7 Å². The molecular formula is C9H10ClFO. The van der Waals surface area contributed by atoms with Gasteiger partial charge in [0, 0.05) is 10.6 Å². The fraction of sp³-hybridized carbons (Fsp3) is 0.333. The van der Waals surface area contributed by atoms with Gasteiger partial charge in [0.1, 0.15) is 5.82 Å². The minimum absolute atomic E-state index is 0.169. The molecule has 0 aliphatic rings. The highest BCUT2D eigenvalue weighted by Gasteiger charge is 2.12. The summed E-state index contributed by atoms with van der Waals surface area (Å²) in [5, 5.41) is 9.43. The van der Waals surface area contributed by atoms with Gasteiger partial charge in [-0.25, -0.2) is 4.39 Å². The summed E-state index contributed by atoms with van der Waals surface area (Å²) in [4.78, 5) is 0. The Morgan fingerprint density at radius 1 is 1.50 bits per heavy atom. The number of aryl methyl sites for hydroxylation is 1. The Morgan fingerprint density at radius 2 is 2.08 bits per heavy atom. The minimum atomic E-state index is -0.863. The first-order chi connectivity index (χ1) is 5.52. The summed E-state index contributed by atoms with van der Waals surface area (Å²) in [6.45, 7) is 3.24. The van der Waals surface area contributed by atoms with Crippen LogP contribution < -0.4 is 0 Å². The molecule has 0 aliphatic heterocycles. The van der Waals surface area contributed by atoms with Gasteiger partial charge in [-0.05, 0) is 31.5 Å². The van der Waals surface area contributed by atoms with Crippen LogP contribution in [0.4, 0.5) is 4.39 Å². The van der Waals surface area contributed by atoms with Crippen LogP contribution in [-0.4, -0.2) is 5.11 Å². The van der Waals surface area contributed by atoms with Crippen LogP contribution >= 0.6 is 11.6 Å². The summed E-state index contributed by atoms with van der Waals surface area (Å²) in [5.41, 5.74) is 0.921. The first-order valence-electron chi connectivity index (χ1n) is 3.66. The van der Waals surface area contributed by atoms with Crippen molar-refractivity contribution in [1.82, 2.24) is 0 Å². The maximum Gasteiger partial charge on any atom is 0.130 e. The van der Waals surface area contributed by atoms with Crippen LogP contribution in [0.25, 0.3) is 0 Å². The van der Waals surface area contributed by atoms with Crippen molar-refractivity contribution in [2.75, 3.05) is 0 Å². The predicted octanol–water partition coefficient (Wildman–Crippen LogP) is 2.84. The van der Waals surface area contributed by atoms with E-state index in [-0.39, 0.29) is 10.6 Å². The number of hydrogen-bond donors (Lipinski definition) is 1. The standard InChI is InChI=1S/C9H10ClFO/c1-5-3-7(10)9(6(2)12)8(11)4-5/h3-4,6,12H,1-2H3. The molecule has 1 nitrogen and oxygen atoms in total. The molecule has 0 amide bonds. The molecular weight excluding hydrogens is 179 g/mol. The van der Waals surface area contributed by atoms with E-state index in [0.29, 0.717) is 0 Å². The van der Waals surface area contributed by atoms with Crippen LogP contribution in [0.1, 0.15) is 24.2 Å². The quantitative estimate of drug-likeness (QED) is 0.719. The number of benzene rings is 1. The summed E-state index contributed by atoms with van der Waals surface area (Å²) in [6, 6.07) is 2.99. The molecule has 0 heterocycles. The Hall–Kier alpha value is -0.600. The molecule has 0 saturated carbocycles. The van der Waals surface area contributed by atoms with E-state index >= 15 is 0 Å². The molecule has 3 heteroatoms. The molecule has 0 radical (unpaired) electrons. The van der Waals surface area contributed by atoms with Gasteiger partial charge in [-0.1, -0.05) is 11.6 Å². The Kier molecular flexibility index (Phi) is 2.70. The largest absolute Gasteiger partial charge is 0.389 e. The van der Waals surface area contributed by atoms with Gasteiger partial charge in [-0.15, -0.1) is 0 Å². The highest BCUT2D eigenvalue weighted by atomic mass is 35.5. The first-order valence-corrected chi connectivity index (χ1v) is 4.03. The van der Waals surface area contributed by atoms with Crippen molar-refractivity contribution in [2.45, 2.75) is 20.0 Å². The zero-order valence-corrected chi connectivity index (χ0v) is 7.69. The second-order valence-electron chi connectivity index (χ2n) is 2.82. The van der Waals surface area contributed by atoms with Crippen LogP contribution in [-0.2, 0) is 0 Å². The molecule has 1 aromatic rings. The summed E-state index contributed by atoms with van der Waals surface area (Å²) in [5.74, 6) is -0.449. The molecule has 1 N–H and O–H groups in total. The maximum absolute atomic E-state index is 13.1. The number of aliphatic hydroxyl groups excluding tert-OH is 1. The van der Waals surface area contributed by atoms with Gasteiger partial charge >= 0.3 is 0 Å². The number of aliphatic hydroxyl groups is 1. The fourth-order valence-electron chi connectivity index (χ4n) is 1.11. The topological polar surface area (TPSA) is 20.2 Å². The number of hydrogen-bond acceptors (Lipinski definition) is 1. The highest BCUT2D eigenvalue weighted by molar-refractivity contribution is 6.31. The molecule has 0 saturated heterocycles. The first kappa shape index (κ1) is 9.49. The summed E-state index contributed by atoms with van der Waals surface area (Å²) in [7, 11) is 0. The van der Waals surface area contributed by atoms with Crippen molar-refractivity contribution in [3.8, 4) is 0 Å². The van der Waals surface area contributed by atoms with E-state index in [1.165, 1.54) is 13.0 Å². The van der Waals surface area contributed by atoms with Crippen LogP contribution in [0.3, 0.4) is 0 Å². The van der Waals surface area contributed by atoms with Gasteiger partial charge in [0.2, 0.25) is 0 Å². The summed E-state index contributed by atoms with van der Waals surface area (Å²) < 4.78 is 13.1. The predicted molar refractivity (Wildman–Crippen MR) is 46.8 cm³/mol. The van der Waals surface area contributed by atoms with E-state index < -0.39 is 11.9 Å².